The lowest BCUT2D eigenvalue weighted by Gasteiger charge is -2.22. The van der Waals surface area contributed by atoms with Gasteiger partial charge in [0.15, 0.2) is 0 Å². The molecular weight excluding hydrogens is 168 g/mol. The number of rotatable bonds is 1. The molecule has 1 aliphatic rings. The van der Waals surface area contributed by atoms with E-state index in [0.29, 0.717) is 18.5 Å². The fraction of sp³-hybridized carbons (Fsp3) is 0.667. The smallest absolute Gasteiger partial charge is 0.338 e. The van der Waals surface area contributed by atoms with E-state index in [2.05, 4.69) is 23.9 Å². The molecule has 0 amide bonds. The molecule has 13 heavy (non-hydrogen) atoms. The molecule has 2 heterocycles. The summed E-state index contributed by atoms with van der Waals surface area (Å²) in [4.78, 5) is 13.4. The SMILES string of the molecule is CC(C)C1c2[nH]oc(=O)c2CN1C. The maximum atomic E-state index is 11.2. The zero-order chi connectivity index (χ0) is 9.59. The molecule has 72 valence electrons. The van der Waals surface area contributed by atoms with E-state index in [0.717, 1.165) is 11.3 Å². The Kier molecular flexibility index (Phi) is 1.80. The highest BCUT2D eigenvalue weighted by Crippen LogP contribution is 2.34. The number of nitrogens with one attached hydrogen (secondary N) is 1. The molecule has 1 N–H and O–H groups in total. The van der Waals surface area contributed by atoms with E-state index in [1.54, 1.807) is 0 Å². The minimum atomic E-state index is -0.218. The standard InChI is InChI=1S/C9H14N2O2/c1-5(2)8-7-6(4-11(8)3)9(12)13-10-7/h5,8,10H,4H2,1-3H3. The van der Waals surface area contributed by atoms with Crippen LogP contribution in [0.1, 0.15) is 31.1 Å². The Bertz CT molecular complexity index is 364. The van der Waals surface area contributed by atoms with Crippen molar-refractivity contribution in [2.24, 2.45) is 5.92 Å². The first-order chi connectivity index (χ1) is 6.11. The van der Waals surface area contributed by atoms with Gasteiger partial charge in [0.2, 0.25) is 0 Å². The van der Waals surface area contributed by atoms with Gasteiger partial charge in [0, 0.05) is 6.54 Å². The predicted octanol–water partition coefficient (Wildman–Crippen LogP) is 1.11. The summed E-state index contributed by atoms with van der Waals surface area (Å²) in [6, 6.07) is 0.293. The summed E-state index contributed by atoms with van der Waals surface area (Å²) >= 11 is 0. The van der Waals surface area contributed by atoms with Crippen LogP contribution in [0.25, 0.3) is 0 Å². The average Bonchev–Trinajstić information content (AvgIpc) is 2.51. The Labute approximate surface area is 76.5 Å². The van der Waals surface area contributed by atoms with Crippen LogP contribution in [-0.2, 0) is 6.54 Å². The van der Waals surface area contributed by atoms with Crippen LogP contribution in [0.4, 0.5) is 0 Å². The van der Waals surface area contributed by atoms with Gasteiger partial charge in [-0.25, -0.2) is 9.95 Å². The first-order valence-electron chi connectivity index (χ1n) is 4.51. The Morgan fingerprint density at radius 2 is 2.31 bits per heavy atom. The van der Waals surface area contributed by atoms with Crippen molar-refractivity contribution in [3.8, 4) is 0 Å². The van der Waals surface area contributed by atoms with E-state index >= 15 is 0 Å². The van der Waals surface area contributed by atoms with Crippen LogP contribution < -0.4 is 5.63 Å². The van der Waals surface area contributed by atoms with Crippen LogP contribution in [0.3, 0.4) is 0 Å². The minimum Gasteiger partial charge on any atom is -0.338 e. The van der Waals surface area contributed by atoms with Crippen molar-refractivity contribution in [2.45, 2.75) is 26.4 Å². The van der Waals surface area contributed by atoms with E-state index in [1.165, 1.54) is 0 Å². The zero-order valence-corrected chi connectivity index (χ0v) is 8.13. The maximum absolute atomic E-state index is 11.2. The van der Waals surface area contributed by atoms with Crippen LogP contribution in [0.5, 0.6) is 0 Å². The van der Waals surface area contributed by atoms with Gasteiger partial charge >= 0.3 is 5.63 Å². The quantitative estimate of drug-likeness (QED) is 0.707. The monoisotopic (exact) mass is 182 g/mol. The van der Waals surface area contributed by atoms with Gasteiger partial charge in [-0.05, 0) is 13.0 Å². The third-order valence-electron chi connectivity index (χ3n) is 2.63. The van der Waals surface area contributed by atoms with Gasteiger partial charge in [-0.3, -0.25) is 4.90 Å². The number of fused-ring (bicyclic) bond motifs is 1. The average molecular weight is 182 g/mol. The summed E-state index contributed by atoms with van der Waals surface area (Å²) < 4.78 is 4.76. The highest BCUT2D eigenvalue weighted by molar-refractivity contribution is 5.24. The highest BCUT2D eigenvalue weighted by Gasteiger charge is 2.34. The van der Waals surface area contributed by atoms with Gasteiger partial charge in [-0.1, -0.05) is 13.8 Å². The van der Waals surface area contributed by atoms with Crippen molar-refractivity contribution in [2.75, 3.05) is 7.05 Å². The number of aromatic nitrogens is 1. The molecule has 0 aliphatic carbocycles. The second-order valence-electron chi connectivity index (χ2n) is 3.99. The van der Waals surface area contributed by atoms with Crippen molar-refractivity contribution in [3.05, 3.63) is 21.7 Å². The summed E-state index contributed by atoms with van der Waals surface area (Å²) in [5.74, 6) is 0.486. The molecule has 0 aromatic carbocycles. The fourth-order valence-electron chi connectivity index (χ4n) is 2.13. The van der Waals surface area contributed by atoms with Gasteiger partial charge in [0.25, 0.3) is 0 Å². The third-order valence-corrected chi connectivity index (χ3v) is 2.63. The molecule has 4 nitrogen and oxygen atoms in total. The predicted molar refractivity (Wildman–Crippen MR) is 48.4 cm³/mol. The summed E-state index contributed by atoms with van der Waals surface area (Å²) in [5, 5.41) is 2.72. The Hall–Kier alpha value is -1.03. The molecule has 1 aliphatic heterocycles. The summed E-state index contributed by atoms with van der Waals surface area (Å²) in [6.07, 6.45) is 0. The molecule has 1 aromatic rings. The van der Waals surface area contributed by atoms with Crippen molar-refractivity contribution in [3.63, 3.8) is 0 Å². The van der Waals surface area contributed by atoms with Gasteiger partial charge in [0.05, 0.1) is 17.3 Å². The molecule has 0 spiro atoms. The van der Waals surface area contributed by atoms with Crippen molar-refractivity contribution >= 4 is 0 Å². The molecule has 0 saturated carbocycles. The molecule has 0 bridgehead atoms. The lowest BCUT2D eigenvalue weighted by Crippen LogP contribution is -2.22. The normalized spacial score (nSPS) is 22.6. The van der Waals surface area contributed by atoms with Gasteiger partial charge in [0.1, 0.15) is 0 Å². The first kappa shape index (κ1) is 8.56. The minimum absolute atomic E-state index is 0.218. The second kappa shape index (κ2) is 2.73. The molecule has 0 radical (unpaired) electrons. The second-order valence-corrected chi connectivity index (χ2v) is 3.99. The molecule has 2 rings (SSSR count). The molecule has 4 heteroatoms. The molecule has 1 aromatic heterocycles. The molecule has 1 atom stereocenters. The number of H-pyrrole nitrogens is 1. The van der Waals surface area contributed by atoms with E-state index < -0.39 is 0 Å². The number of aromatic amines is 1. The van der Waals surface area contributed by atoms with E-state index in [4.69, 9.17) is 4.52 Å². The van der Waals surface area contributed by atoms with E-state index in [1.807, 2.05) is 7.05 Å². The lowest BCUT2D eigenvalue weighted by atomic mass is 10.0. The van der Waals surface area contributed by atoms with Gasteiger partial charge in [-0.15, -0.1) is 0 Å². The molecular formula is C9H14N2O2. The maximum Gasteiger partial charge on any atom is 0.362 e. The van der Waals surface area contributed by atoms with E-state index in [9.17, 15) is 4.79 Å². The fourth-order valence-corrected chi connectivity index (χ4v) is 2.13. The van der Waals surface area contributed by atoms with Crippen molar-refractivity contribution in [1.29, 1.82) is 0 Å². The Balaban J connectivity index is 2.46. The van der Waals surface area contributed by atoms with Gasteiger partial charge in [-0.2, -0.15) is 0 Å². The Morgan fingerprint density at radius 3 is 2.92 bits per heavy atom. The van der Waals surface area contributed by atoms with Crippen molar-refractivity contribution < 1.29 is 4.52 Å². The lowest BCUT2D eigenvalue weighted by molar-refractivity contribution is 0.197. The summed E-state index contributed by atoms with van der Waals surface area (Å²) in [6.45, 7) is 4.98. The number of hydrogen-bond acceptors (Lipinski definition) is 3. The van der Waals surface area contributed by atoms with E-state index in [-0.39, 0.29) is 5.63 Å². The molecule has 0 fully saturated rings. The Morgan fingerprint density at radius 1 is 1.62 bits per heavy atom. The zero-order valence-electron chi connectivity index (χ0n) is 8.13. The van der Waals surface area contributed by atoms with Crippen LogP contribution in [0, 0.1) is 5.92 Å². The first-order valence-corrected chi connectivity index (χ1v) is 4.51. The number of nitrogens with zero attached hydrogens (tertiary/aromatic N) is 1. The topological polar surface area (TPSA) is 49.2 Å². The van der Waals surface area contributed by atoms with Crippen molar-refractivity contribution in [1.82, 2.24) is 10.1 Å². The van der Waals surface area contributed by atoms with Crippen LogP contribution in [0.15, 0.2) is 9.32 Å². The largest absolute Gasteiger partial charge is 0.362 e. The van der Waals surface area contributed by atoms with Gasteiger partial charge < -0.3 is 4.52 Å². The molecule has 0 saturated heterocycles. The number of hydrogen-bond donors (Lipinski definition) is 1. The molecule has 1 unspecified atom stereocenters. The summed E-state index contributed by atoms with van der Waals surface area (Å²) in [5.41, 5.74) is 1.54. The highest BCUT2D eigenvalue weighted by atomic mass is 16.5. The summed E-state index contributed by atoms with van der Waals surface area (Å²) in [7, 11) is 2.03. The van der Waals surface area contributed by atoms with Crippen LogP contribution >= 0.6 is 0 Å². The van der Waals surface area contributed by atoms with Crippen LogP contribution in [0.2, 0.25) is 0 Å². The third kappa shape index (κ3) is 1.13. The van der Waals surface area contributed by atoms with Crippen LogP contribution in [-0.4, -0.2) is 17.1 Å².